The molecule has 0 amide bonds. The van der Waals surface area contributed by atoms with Crippen LogP contribution < -0.4 is 5.32 Å². The molecule has 3 atom stereocenters. The van der Waals surface area contributed by atoms with Crippen LogP contribution in [0.2, 0.25) is 0 Å². The standard InChI is InChI=1S/C16H21Br2N3.ClH/c1-16(18)12(17)8-10-5-3-7-21-13(10)14(16)20-15(21)11-4-2-6-19-9-11;/h8,11,15,19H,2-7,9H2,1H3;1H. The highest BCUT2D eigenvalue weighted by Gasteiger charge is 2.47. The van der Waals surface area contributed by atoms with E-state index in [-0.39, 0.29) is 16.7 Å². The molecule has 22 heavy (non-hydrogen) atoms. The normalized spacial score (nSPS) is 37.3. The summed E-state index contributed by atoms with van der Waals surface area (Å²) >= 11 is 7.66. The number of hydrogen-bond donors (Lipinski definition) is 1. The fourth-order valence-corrected chi connectivity index (χ4v) is 4.92. The van der Waals surface area contributed by atoms with Gasteiger partial charge in [0, 0.05) is 23.5 Å². The van der Waals surface area contributed by atoms with Gasteiger partial charge >= 0.3 is 0 Å². The van der Waals surface area contributed by atoms with E-state index < -0.39 is 0 Å². The minimum absolute atomic E-state index is 0. The molecule has 4 rings (SSSR count). The minimum Gasteiger partial charge on any atom is -0.348 e. The van der Waals surface area contributed by atoms with Crippen LogP contribution in [-0.4, -0.2) is 40.7 Å². The molecule has 0 spiro atoms. The van der Waals surface area contributed by atoms with Gasteiger partial charge in [0.25, 0.3) is 0 Å². The van der Waals surface area contributed by atoms with Gasteiger partial charge in [0.05, 0.1) is 15.7 Å². The second-order valence-electron chi connectivity index (χ2n) is 6.66. The number of hydrogen-bond acceptors (Lipinski definition) is 3. The molecule has 3 heterocycles. The Bertz CT molecular complexity index is 562. The Hall–Kier alpha value is 0.160. The van der Waals surface area contributed by atoms with E-state index in [1.807, 2.05) is 0 Å². The highest BCUT2D eigenvalue weighted by Crippen LogP contribution is 2.48. The van der Waals surface area contributed by atoms with Crippen LogP contribution in [0.3, 0.4) is 0 Å². The minimum atomic E-state index is -0.168. The number of aliphatic imine (C=N–C) groups is 1. The summed E-state index contributed by atoms with van der Waals surface area (Å²) in [6, 6.07) is 0. The first-order valence-corrected chi connectivity index (χ1v) is 9.53. The van der Waals surface area contributed by atoms with Gasteiger partial charge in [0.2, 0.25) is 0 Å². The van der Waals surface area contributed by atoms with Crippen LogP contribution in [0, 0.1) is 5.92 Å². The summed E-state index contributed by atoms with van der Waals surface area (Å²) in [6.45, 7) is 5.64. The fraction of sp³-hybridized carbons (Fsp3) is 0.688. The van der Waals surface area contributed by atoms with Crippen molar-refractivity contribution in [2.24, 2.45) is 10.9 Å². The van der Waals surface area contributed by atoms with Crippen LogP contribution in [0.15, 0.2) is 26.8 Å². The summed E-state index contributed by atoms with van der Waals surface area (Å²) in [5.74, 6) is 0.644. The number of rotatable bonds is 1. The quantitative estimate of drug-likeness (QED) is 0.611. The molecular weight excluding hydrogens is 429 g/mol. The van der Waals surface area contributed by atoms with Crippen molar-refractivity contribution in [3.63, 3.8) is 0 Å². The molecule has 1 aliphatic carbocycles. The average Bonchev–Trinajstić information content (AvgIpc) is 2.88. The maximum atomic E-state index is 5.21. The molecular formula is C16H22Br2ClN3. The van der Waals surface area contributed by atoms with Gasteiger partial charge in [-0.1, -0.05) is 31.9 Å². The predicted molar refractivity (Wildman–Crippen MR) is 101 cm³/mol. The van der Waals surface area contributed by atoms with E-state index in [9.17, 15) is 0 Å². The summed E-state index contributed by atoms with van der Waals surface area (Å²) < 4.78 is 1.04. The fourth-order valence-electron chi connectivity index (χ4n) is 4.05. The number of allylic oxidation sites excluding steroid dienone is 4. The molecule has 1 saturated heterocycles. The van der Waals surface area contributed by atoms with Gasteiger partial charge in [-0.25, -0.2) is 0 Å². The van der Waals surface area contributed by atoms with Crippen LogP contribution in [0.4, 0.5) is 0 Å². The number of nitrogens with zero attached hydrogens (tertiary/aromatic N) is 2. The number of halogens is 3. The Balaban J connectivity index is 0.00000144. The molecule has 0 bridgehead atoms. The van der Waals surface area contributed by atoms with Gasteiger partial charge in [0.15, 0.2) is 0 Å². The molecule has 0 aromatic rings. The highest BCUT2D eigenvalue weighted by molar-refractivity contribution is 9.14. The van der Waals surface area contributed by atoms with Crippen molar-refractivity contribution in [2.75, 3.05) is 19.6 Å². The monoisotopic (exact) mass is 449 g/mol. The van der Waals surface area contributed by atoms with E-state index >= 15 is 0 Å². The van der Waals surface area contributed by atoms with Crippen molar-refractivity contribution in [3.8, 4) is 0 Å². The van der Waals surface area contributed by atoms with Crippen LogP contribution in [0.25, 0.3) is 0 Å². The summed E-state index contributed by atoms with van der Waals surface area (Å²) in [6.07, 6.45) is 7.64. The summed E-state index contributed by atoms with van der Waals surface area (Å²) in [5, 5.41) is 3.55. The molecule has 6 heteroatoms. The van der Waals surface area contributed by atoms with Crippen LogP contribution >= 0.6 is 44.3 Å². The second-order valence-corrected chi connectivity index (χ2v) is 9.10. The lowest BCUT2D eigenvalue weighted by molar-refractivity contribution is 0.176. The Kier molecular flexibility index (Phi) is 4.81. The molecule has 1 N–H and O–H groups in total. The van der Waals surface area contributed by atoms with E-state index in [2.05, 4.69) is 55.1 Å². The zero-order chi connectivity index (χ0) is 14.6. The summed E-state index contributed by atoms with van der Waals surface area (Å²) in [5.41, 5.74) is 4.12. The molecule has 122 valence electrons. The third-order valence-electron chi connectivity index (χ3n) is 5.19. The van der Waals surface area contributed by atoms with Crippen molar-refractivity contribution in [3.05, 3.63) is 21.8 Å². The van der Waals surface area contributed by atoms with Crippen molar-refractivity contribution in [1.82, 2.24) is 10.2 Å². The summed E-state index contributed by atoms with van der Waals surface area (Å²) in [4.78, 5) is 7.79. The lowest BCUT2D eigenvalue weighted by Gasteiger charge is -2.39. The maximum absolute atomic E-state index is 5.21. The van der Waals surface area contributed by atoms with Gasteiger partial charge in [-0.15, -0.1) is 12.4 Å². The maximum Gasteiger partial charge on any atom is 0.125 e. The first-order valence-electron chi connectivity index (χ1n) is 7.95. The third-order valence-corrected chi connectivity index (χ3v) is 7.55. The molecule has 0 saturated carbocycles. The van der Waals surface area contributed by atoms with E-state index in [0.29, 0.717) is 12.1 Å². The number of piperidine rings is 1. The van der Waals surface area contributed by atoms with E-state index in [0.717, 1.165) is 19.6 Å². The Morgan fingerprint density at radius 2 is 2.23 bits per heavy atom. The third kappa shape index (κ3) is 2.52. The Morgan fingerprint density at radius 1 is 1.41 bits per heavy atom. The molecule has 4 aliphatic rings. The largest absolute Gasteiger partial charge is 0.348 e. The Labute approximate surface area is 155 Å². The Morgan fingerprint density at radius 3 is 2.95 bits per heavy atom. The van der Waals surface area contributed by atoms with Crippen molar-refractivity contribution in [2.45, 2.75) is 43.1 Å². The molecule has 0 aromatic carbocycles. The summed E-state index contributed by atoms with van der Waals surface area (Å²) in [7, 11) is 0. The molecule has 1 fully saturated rings. The van der Waals surface area contributed by atoms with E-state index in [4.69, 9.17) is 4.99 Å². The topological polar surface area (TPSA) is 27.6 Å². The zero-order valence-electron chi connectivity index (χ0n) is 12.7. The molecule has 3 nitrogen and oxygen atoms in total. The van der Waals surface area contributed by atoms with Crippen LogP contribution in [0.1, 0.15) is 32.6 Å². The van der Waals surface area contributed by atoms with Gasteiger partial charge in [-0.05, 0) is 50.8 Å². The average molecular weight is 452 g/mol. The SMILES string of the molecule is CC1(Br)C(Br)=CC2=C3C1=NC(C1CCCNC1)N3CCC2.Cl. The number of alkyl halides is 1. The van der Waals surface area contributed by atoms with Gasteiger partial charge in [0.1, 0.15) is 6.17 Å². The van der Waals surface area contributed by atoms with Crippen molar-refractivity contribution >= 4 is 50.0 Å². The van der Waals surface area contributed by atoms with Gasteiger partial charge < -0.3 is 10.2 Å². The van der Waals surface area contributed by atoms with E-state index in [1.54, 1.807) is 0 Å². The van der Waals surface area contributed by atoms with Crippen LogP contribution in [0.5, 0.6) is 0 Å². The highest BCUT2D eigenvalue weighted by atomic mass is 79.9. The zero-order valence-corrected chi connectivity index (χ0v) is 16.7. The van der Waals surface area contributed by atoms with Gasteiger partial charge in [-0.2, -0.15) is 0 Å². The lowest BCUT2D eigenvalue weighted by Crippen LogP contribution is -2.45. The van der Waals surface area contributed by atoms with Gasteiger partial charge in [-0.3, -0.25) is 4.99 Å². The first-order chi connectivity index (χ1) is 10.1. The molecule has 3 aliphatic heterocycles. The molecule has 3 unspecified atom stereocenters. The van der Waals surface area contributed by atoms with Crippen LogP contribution in [-0.2, 0) is 0 Å². The van der Waals surface area contributed by atoms with E-state index in [1.165, 1.54) is 47.1 Å². The smallest absolute Gasteiger partial charge is 0.125 e. The number of nitrogens with one attached hydrogen (secondary N) is 1. The lowest BCUT2D eigenvalue weighted by atomic mass is 9.88. The first kappa shape index (κ1) is 17.0. The second kappa shape index (κ2) is 6.23. The predicted octanol–water partition coefficient (Wildman–Crippen LogP) is 3.98. The van der Waals surface area contributed by atoms with Crippen molar-refractivity contribution in [1.29, 1.82) is 0 Å². The molecule has 0 radical (unpaired) electrons. The molecule has 0 aromatic heterocycles. The van der Waals surface area contributed by atoms with Crippen molar-refractivity contribution < 1.29 is 0 Å².